The first-order valence-electron chi connectivity index (χ1n) is 8.08. The van der Waals surface area contributed by atoms with Crippen LogP contribution in [-0.4, -0.2) is 0 Å². The Hall–Kier alpha value is -0.647. The molecule has 4 rings (SSSR count). The molecule has 2 unspecified atom stereocenters. The third-order valence-electron chi connectivity index (χ3n) is 5.07. The monoisotopic (exact) mass is 386 g/mol. The van der Waals surface area contributed by atoms with E-state index in [2.05, 4.69) is 66.8 Å². The minimum absolute atomic E-state index is 0. The summed E-state index contributed by atoms with van der Waals surface area (Å²) in [6, 6.07) is 11.4. The zero-order valence-corrected chi connectivity index (χ0v) is 15.9. The molecule has 112 valence electrons. The van der Waals surface area contributed by atoms with Crippen molar-refractivity contribution in [1.29, 1.82) is 0 Å². The van der Waals surface area contributed by atoms with E-state index in [4.69, 9.17) is 0 Å². The molecule has 0 radical (unpaired) electrons. The molecule has 2 atom stereocenters. The molecule has 1 aromatic rings. The number of halogens is 1. The normalized spacial score (nSPS) is 25.3. The van der Waals surface area contributed by atoms with E-state index in [0.29, 0.717) is 0 Å². The Morgan fingerprint density at radius 1 is 0.909 bits per heavy atom. The first-order valence-corrected chi connectivity index (χ1v) is 12.0. The fraction of sp³-hybridized carbons (Fsp3) is 0.300. The molecule has 0 nitrogen and oxygen atoms in total. The standard InChI is InChI=1S/C9H11.C6H5.C5H5.ClH.Zr/c1-2-5-9-7-3-6-8(9)4-1;1-2-4-6-5-3-1;1-2-4-5-3-1;;/h1-2,4,6,9H,3,5,7H2;1-5H;1-3H,4H2;1H;/q;;;;+1/p-1. The minimum Gasteiger partial charge on any atom is -1.00 e. The molecule has 0 saturated heterocycles. The number of hydrogen-bond acceptors (Lipinski definition) is 0. The summed E-state index contributed by atoms with van der Waals surface area (Å²) in [5, 5.41) is 0. The number of allylic oxidation sites excluding steroid dienone is 8. The Morgan fingerprint density at radius 2 is 1.73 bits per heavy atom. The van der Waals surface area contributed by atoms with Gasteiger partial charge >= 0.3 is 136 Å². The number of fused-ring (bicyclic) bond motifs is 1. The van der Waals surface area contributed by atoms with Gasteiger partial charge in [-0.3, -0.25) is 0 Å². The van der Waals surface area contributed by atoms with Crippen LogP contribution in [-0.2, 0) is 21.8 Å². The molecule has 0 bridgehead atoms. The van der Waals surface area contributed by atoms with Crippen molar-refractivity contribution in [2.75, 3.05) is 0 Å². The molecule has 0 amide bonds. The van der Waals surface area contributed by atoms with Gasteiger partial charge in [-0.25, -0.2) is 0 Å². The predicted octanol–water partition coefficient (Wildman–Crippen LogP) is 1.86. The van der Waals surface area contributed by atoms with E-state index in [-0.39, 0.29) is 12.4 Å². The van der Waals surface area contributed by atoms with Crippen LogP contribution in [0.2, 0.25) is 3.63 Å². The molecule has 22 heavy (non-hydrogen) atoms. The van der Waals surface area contributed by atoms with Gasteiger partial charge < -0.3 is 12.4 Å². The van der Waals surface area contributed by atoms with Crippen molar-refractivity contribution >= 4 is 3.27 Å². The van der Waals surface area contributed by atoms with E-state index in [1.165, 1.54) is 25.7 Å². The Kier molecular flexibility index (Phi) is 5.37. The summed E-state index contributed by atoms with van der Waals surface area (Å²) in [5.41, 5.74) is 1.79. The van der Waals surface area contributed by atoms with Crippen LogP contribution >= 0.6 is 0 Å². The third-order valence-corrected chi connectivity index (χ3v) is 13.3. The van der Waals surface area contributed by atoms with Crippen LogP contribution in [0.5, 0.6) is 0 Å². The molecule has 0 spiro atoms. The van der Waals surface area contributed by atoms with Gasteiger partial charge in [-0.2, -0.15) is 0 Å². The number of benzene rings is 1. The summed E-state index contributed by atoms with van der Waals surface area (Å²) >= 11 is -1.79. The molecule has 2 heteroatoms. The molecule has 1 aromatic carbocycles. The van der Waals surface area contributed by atoms with Gasteiger partial charge in [0.05, 0.1) is 0 Å². The summed E-state index contributed by atoms with van der Waals surface area (Å²) in [4.78, 5) is 0. The molecular weight excluding hydrogens is 367 g/mol. The summed E-state index contributed by atoms with van der Waals surface area (Å²) in [6.45, 7) is 0. The molecule has 0 aliphatic heterocycles. The van der Waals surface area contributed by atoms with Crippen molar-refractivity contribution in [1.82, 2.24) is 0 Å². The van der Waals surface area contributed by atoms with Crippen molar-refractivity contribution in [2.45, 2.75) is 29.3 Å². The summed E-state index contributed by atoms with van der Waals surface area (Å²) in [6.07, 6.45) is 19.5. The number of hydrogen-bond donors (Lipinski definition) is 0. The van der Waals surface area contributed by atoms with Crippen molar-refractivity contribution < 1.29 is 34.2 Å². The smallest absolute Gasteiger partial charge is 1.00 e. The van der Waals surface area contributed by atoms with Crippen LogP contribution in [0.15, 0.2) is 75.6 Å². The Bertz CT molecular complexity index is 639. The van der Waals surface area contributed by atoms with Gasteiger partial charge in [-0.1, -0.05) is 0 Å². The van der Waals surface area contributed by atoms with Gasteiger partial charge in [0.25, 0.3) is 0 Å². The van der Waals surface area contributed by atoms with Crippen LogP contribution in [0.1, 0.15) is 25.7 Å². The van der Waals surface area contributed by atoms with Crippen LogP contribution < -0.4 is 15.7 Å². The zero-order valence-electron chi connectivity index (χ0n) is 12.7. The molecule has 3 aliphatic carbocycles. The third kappa shape index (κ3) is 3.03. The topological polar surface area (TPSA) is 0 Å². The second kappa shape index (κ2) is 7.28. The fourth-order valence-corrected chi connectivity index (χ4v) is 12.7. The van der Waals surface area contributed by atoms with E-state index in [0.717, 1.165) is 9.54 Å². The Labute approximate surface area is 147 Å². The van der Waals surface area contributed by atoms with Crippen LogP contribution in [0.3, 0.4) is 0 Å². The molecule has 1 fully saturated rings. The quantitative estimate of drug-likeness (QED) is 0.742. The van der Waals surface area contributed by atoms with Gasteiger partial charge in [0.1, 0.15) is 0 Å². The summed E-state index contributed by atoms with van der Waals surface area (Å²) in [5.74, 6) is 0.856. The van der Waals surface area contributed by atoms with E-state index in [9.17, 15) is 0 Å². The number of rotatable bonds is 3. The van der Waals surface area contributed by atoms with Gasteiger partial charge in [-0.15, -0.1) is 0 Å². The molecule has 0 aromatic heterocycles. The SMILES string of the molecule is C1=CC[C]([Zr+]([c]2ccccc2)[CH]2CCC3CC=CC=C32)=C1.[Cl-]. The average molecular weight is 388 g/mol. The van der Waals surface area contributed by atoms with Crippen molar-refractivity contribution in [3.8, 4) is 0 Å². The maximum atomic E-state index is 2.46. The van der Waals surface area contributed by atoms with Gasteiger partial charge in [0, 0.05) is 0 Å². The zero-order chi connectivity index (χ0) is 14.1. The van der Waals surface area contributed by atoms with Crippen LogP contribution in [0, 0.1) is 5.92 Å². The summed E-state index contributed by atoms with van der Waals surface area (Å²) in [7, 11) is 0. The van der Waals surface area contributed by atoms with Crippen LogP contribution in [0.25, 0.3) is 0 Å². The summed E-state index contributed by atoms with van der Waals surface area (Å²) < 4.78 is 4.39. The Morgan fingerprint density at radius 3 is 2.50 bits per heavy atom. The average Bonchev–Trinajstić information content (AvgIpc) is 3.20. The molecule has 0 heterocycles. The van der Waals surface area contributed by atoms with E-state index >= 15 is 0 Å². The molecule has 3 aliphatic rings. The maximum Gasteiger partial charge on any atom is -1.00 e. The van der Waals surface area contributed by atoms with E-state index < -0.39 is 21.8 Å². The molecule has 0 N–H and O–H groups in total. The maximum absolute atomic E-state index is 2.46. The van der Waals surface area contributed by atoms with Crippen LogP contribution in [0.4, 0.5) is 0 Å². The predicted molar refractivity (Wildman–Crippen MR) is 86.2 cm³/mol. The van der Waals surface area contributed by atoms with Gasteiger partial charge in [0.2, 0.25) is 0 Å². The van der Waals surface area contributed by atoms with Gasteiger partial charge in [-0.05, 0) is 0 Å². The van der Waals surface area contributed by atoms with Crippen molar-refractivity contribution in [3.05, 3.63) is 75.6 Å². The first kappa shape index (κ1) is 16.2. The molecular formula is C20H21ClZr. The van der Waals surface area contributed by atoms with Gasteiger partial charge in [0.15, 0.2) is 0 Å². The minimum atomic E-state index is -1.79. The van der Waals surface area contributed by atoms with Crippen molar-refractivity contribution in [3.63, 3.8) is 0 Å². The first-order chi connectivity index (χ1) is 10.4. The van der Waals surface area contributed by atoms with E-state index in [1.807, 2.05) is 0 Å². The fourth-order valence-electron chi connectivity index (χ4n) is 4.10. The largest absolute Gasteiger partial charge is 1.00 e. The second-order valence-corrected chi connectivity index (χ2v) is 13.0. The molecule has 1 saturated carbocycles. The van der Waals surface area contributed by atoms with E-state index in [1.54, 1.807) is 12.1 Å². The Balaban J connectivity index is 0.00000144. The van der Waals surface area contributed by atoms with Crippen molar-refractivity contribution in [2.24, 2.45) is 5.92 Å². The second-order valence-electron chi connectivity index (χ2n) is 6.26.